The zero-order valence-corrected chi connectivity index (χ0v) is 19.5. The summed E-state index contributed by atoms with van der Waals surface area (Å²) in [5.74, 6) is 2.06. The Labute approximate surface area is 198 Å². The first-order valence-corrected chi connectivity index (χ1v) is 11.8. The fraction of sp³-hybridized carbons (Fsp3) is 0.440. The van der Waals surface area contributed by atoms with Gasteiger partial charge in [-0.2, -0.15) is 0 Å². The van der Waals surface area contributed by atoms with E-state index in [2.05, 4.69) is 15.3 Å². The lowest BCUT2D eigenvalue weighted by Crippen LogP contribution is -2.12. The summed E-state index contributed by atoms with van der Waals surface area (Å²) in [6.07, 6.45) is 8.34. The number of fused-ring (bicyclic) bond motifs is 1. The van der Waals surface area contributed by atoms with Gasteiger partial charge in [0.25, 0.3) is 0 Å². The highest BCUT2D eigenvalue weighted by Gasteiger charge is 2.14. The minimum atomic E-state index is -0.470. The van der Waals surface area contributed by atoms with Gasteiger partial charge in [-0.25, -0.2) is 14.4 Å². The Bertz CT molecular complexity index is 1070. The van der Waals surface area contributed by atoms with Gasteiger partial charge < -0.3 is 19.5 Å². The molecule has 1 atom stereocenters. The van der Waals surface area contributed by atoms with E-state index in [0.29, 0.717) is 41.0 Å². The summed E-state index contributed by atoms with van der Waals surface area (Å²) in [6, 6.07) is 8.16. The molecule has 0 amide bonds. The molecule has 2 aromatic carbocycles. The molecule has 0 spiro atoms. The Morgan fingerprint density at radius 3 is 2.88 bits per heavy atom. The molecule has 8 heteroatoms. The maximum Gasteiger partial charge on any atom is 0.162 e. The van der Waals surface area contributed by atoms with Gasteiger partial charge in [0.2, 0.25) is 0 Å². The molecule has 0 aliphatic carbocycles. The predicted molar refractivity (Wildman–Crippen MR) is 128 cm³/mol. The van der Waals surface area contributed by atoms with Gasteiger partial charge in [-0.15, -0.1) is 0 Å². The topological polar surface area (TPSA) is 65.5 Å². The van der Waals surface area contributed by atoms with E-state index in [9.17, 15) is 4.39 Å². The second-order valence-electron chi connectivity index (χ2n) is 8.25. The van der Waals surface area contributed by atoms with E-state index in [-0.39, 0.29) is 5.02 Å². The third-order valence-corrected chi connectivity index (χ3v) is 6.23. The standard InChI is InChI=1S/C25H29ClFN3O3/c1-31-23-15-22-19(25(29-16-28-22)30-18-7-8-21(27)20(26)13-18)14-24(23)33-11-4-6-17-5-2-3-10-32-12-9-17/h7-8,13-17H,2-6,9-12H2,1H3,(H,28,29,30). The number of benzene rings is 2. The van der Waals surface area contributed by atoms with Crippen LogP contribution in [0, 0.1) is 11.7 Å². The molecule has 0 radical (unpaired) electrons. The van der Waals surface area contributed by atoms with Crippen LogP contribution in [0.3, 0.4) is 0 Å². The van der Waals surface area contributed by atoms with Crippen molar-refractivity contribution in [3.63, 3.8) is 0 Å². The SMILES string of the molecule is COc1cc2ncnc(Nc3ccc(F)c(Cl)c3)c2cc1OCCCC1CCCCOCC1. The van der Waals surface area contributed by atoms with E-state index in [1.54, 1.807) is 13.2 Å². The molecule has 2 heterocycles. The third-order valence-electron chi connectivity index (χ3n) is 5.94. The molecule has 1 fully saturated rings. The fourth-order valence-electron chi connectivity index (χ4n) is 4.12. The molecule has 3 aromatic rings. The Balaban J connectivity index is 1.46. The van der Waals surface area contributed by atoms with Crippen molar-refractivity contribution < 1.29 is 18.6 Å². The van der Waals surface area contributed by atoms with Crippen molar-refractivity contribution in [2.75, 3.05) is 32.2 Å². The zero-order chi connectivity index (χ0) is 23.0. The van der Waals surface area contributed by atoms with Crippen LogP contribution in [0.4, 0.5) is 15.9 Å². The third kappa shape index (κ3) is 6.24. The average molecular weight is 474 g/mol. The smallest absolute Gasteiger partial charge is 0.162 e. The molecule has 6 nitrogen and oxygen atoms in total. The van der Waals surface area contributed by atoms with E-state index >= 15 is 0 Å². The molecular formula is C25H29ClFN3O3. The lowest BCUT2D eigenvalue weighted by atomic mass is 9.93. The van der Waals surface area contributed by atoms with E-state index in [1.807, 2.05) is 12.1 Å². The van der Waals surface area contributed by atoms with Crippen molar-refractivity contribution in [1.82, 2.24) is 9.97 Å². The van der Waals surface area contributed by atoms with Crippen molar-refractivity contribution in [2.24, 2.45) is 5.92 Å². The maximum atomic E-state index is 13.5. The number of aromatic nitrogens is 2. The molecule has 1 aromatic heterocycles. The van der Waals surface area contributed by atoms with Crippen LogP contribution < -0.4 is 14.8 Å². The Morgan fingerprint density at radius 2 is 2.03 bits per heavy atom. The van der Waals surface area contributed by atoms with Crippen LogP contribution in [0.25, 0.3) is 10.9 Å². The first-order valence-electron chi connectivity index (χ1n) is 11.4. The molecule has 0 bridgehead atoms. The van der Waals surface area contributed by atoms with Crippen LogP contribution in [0.1, 0.15) is 38.5 Å². The molecule has 1 unspecified atom stereocenters. The quantitative estimate of drug-likeness (QED) is 0.375. The molecule has 1 aliphatic rings. The minimum absolute atomic E-state index is 0.0416. The largest absolute Gasteiger partial charge is 0.493 e. The highest BCUT2D eigenvalue weighted by molar-refractivity contribution is 6.31. The first kappa shape index (κ1) is 23.5. The van der Waals surface area contributed by atoms with Gasteiger partial charge in [-0.3, -0.25) is 0 Å². The second-order valence-corrected chi connectivity index (χ2v) is 8.66. The van der Waals surface area contributed by atoms with Gasteiger partial charge in [0, 0.05) is 30.4 Å². The summed E-state index contributed by atoms with van der Waals surface area (Å²) in [6.45, 7) is 2.36. The summed E-state index contributed by atoms with van der Waals surface area (Å²) in [7, 11) is 1.61. The highest BCUT2D eigenvalue weighted by Crippen LogP contribution is 2.35. The number of methoxy groups -OCH3 is 1. The van der Waals surface area contributed by atoms with E-state index in [0.717, 1.165) is 44.3 Å². The van der Waals surface area contributed by atoms with Gasteiger partial charge >= 0.3 is 0 Å². The Morgan fingerprint density at radius 1 is 1.12 bits per heavy atom. The van der Waals surface area contributed by atoms with Crippen molar-refractivity contribution in [2.45, 2.75) is 38.5 Å². The van der Waals surface area contributed by atoms with Crippen molar-refractivity contribution in [3.05, 3.63) is 47.5 Å². The lowest BCUT2D eigenvalue weighted by Gasteiger charge is -2.20. The van der Waals surface area contributed by atoms with Gasteiger partial charge in [-0.05, 0) is 55.9 Å². The van der Waals surface area contributed by atoms with Crippen LogP contribution in [-0.4, -0.2) is 36.9 Å². The fourth-order valence-corrected chi connectivity index (χ4v) is 4.30. The van der Waals surface area contributed by atoms with E-state index < -0.39 is 5.82 Å². The molecule has 176 valence electrons. The second kappa shape index (κ2) is 11.5. The van der Waals surface area contributed by atoms with Crippen LogP contribution >= 0.6 is 11.6 Å². The van der Waals surface area contributed by atoms with Crippen LogP contribution in [0.5, 0.6) is 11.5 Å². The number of hydrogen-bond donors (Lipinski definition) is 1. The van der Waals surface area contributed by atoms with Crippen LogP contribution in [0.2, 0.25) is 5.02 Å². The van der Waals surface area contributed by atoms with E-state index in [1.165, 1.54) is 31.3 Å². The number of rotatable bonds is 8. The van der Waals surface area contributed by atoms with Crippen LogP contribution in [-0.2, 0) is 4.74 Å². The van der Waals surface area contributed by atoms with Gasteiger partial charge in [0.05, 0.1) is 24.3 Å². The number of anilines is 2. The van der Waals surface area contributed by atoms with Crippen molar-refractivity contribution in [3.8, 4) is 11.5 Å². The summed E-state index contributed by atoms with van der Waals surface area (Å²) in [5.41, 5.74) is 1.34. The number of halogens is 2. The van der Waals surface area contributed by atoms with Crippen molar-refractivity contribution >= 4 is 34.0 Å². The predicted octanol–water partition coefficient (Wildman–Crippen LogP) is 6.54. The summed E-state index contributed by atoms with van der Waals surface area (Å²) >= 11 is 5.92. The summed E-state index contributed by atoms with van der Waals surface area (Å²) < 4.78 is 30.8. The molecule has 33 heavy (non-hydrogen) atoms. The molecular weight excluding hydrogens is 445 g/mol. The van der Waals surface area contributed by atoms with E-state index in [4.69, 9.17) is 25.8 Å². The molecule has 1 saturated heterocycles. The monoisotopic (exact) mass is 473 g/mol. The average Bonchev–Trinajstić information content (AvgIpc) is 2.80. The molecule has 1 aliphatic heterocycles. The highest BCUT2D eigenvalue weighted by atomic mass is 35.5. The van der Waals surface area contributed by atoms with Crippen molar-refractivity contribution in [1.29, 1.82) is 0 Å². The Hall–Kier alpha value is -2.64. The Kier molecular flexibility index (Phi) is 8.18. The zero-order valence-electron chi connectivity index (χ0n) is 18.8. The lowest BCUT2D eigenvalue weighted by molar-refractivity contribution is 0.0970. The van der Waals surface area contributed by atoms with Gasteiger partial charge in [0.1, 0.15) is 18.0 Å². The number of ether oxygens (including phenoxy) is 3. The van der Waals surface area contributed by atoms with Gasteiger partial charge in [0.15, 0.2) is 11.5 Å². The normalized spacial score (nSPS) is 16.8. The summed E-state index contributed by atoms with van der Waals surface area (Å²) in [5, 5.41) is 4.00. The maximum absolute atomic E-state index is 13.5. The van der Waals surface area contributed by atoms with Crippen LogP contribution in [0.15, 0.2) is 36.7 Å². The first-order chi connectivity index (χ1) is 16.1. The van der Waals surface area contributed by atoms with Gasteiger partial charge in [-0.1, -0.05) is 24.4 Å². The molecule has 1 N–H and O–H groups in total. The summed E-state index contributed by atoms with van der Waals surface area (Å²) in [4.78, 5) is 8.71. The molecule has 4 rings (SSSR count). The molecule has 0 saturated carbocycles. The number of nitrogens with one attached hydrogen (secondary N) is 1. The minimum Gasteiger partial charge on any atom is -0.493 e. The number of nitrogens with zero attached hydrogens (tertiary/aromatic N) is 2. The number of hydrogen-bond acceptors (Lipinski definition) is 6.